The Morgan fingerprint density at radius 3 is 2.58 bits per heavy atom. The van der Waals surface area contributed by atoms with Gasteiger partial charge in [0.25, 0.3) is 0 Å². The predicted molar refractivity (Wildman–Crippen MR) is 185 cm³/mol. The third kappa shape index (κ3) is 6.82. The Morgan fingerprint density at radius 2 is 1.83 bits per heavy atom. The molecule has 17 heteroatoms. The fourth-order valence-electron chi connectivity index (χ4n) is 5.39. The van der Waals surface area contributed by atoms with E-state index >= 15 is 0 Å². The molecule has 0 saturated carbocycles. The van der Waals surface area contributed by atoms with Gasteiger partial charge in [0.15, 0.2) is 27.0 Å². The largest absolute Gasteiger partial charge is 0.480 e. The Labute approximate surface area is 288 Å². The first-order valence-corrected chi connectivity index (χ1v) is 17.5. The van der Waals surface area contributed by atoms with Crippen molar-refractivity contribution in [1.82, 2.24) is 24.6 Å². The standard InChI is InChI=1S/C31H33IN7O8P/c1-17(27(41)42)38-48(44,47-21-14-8-12-19-11-6-7-13-20(19)21)45-16-22-24(40)31(2,43)28(46-22)39-26-23(35-29(39)32)25(36-30(33)37-26)34-15-18-9-4-3-5-10-18/h3-14,17,22,24,28,40,43H,15-16H2,1-2H3,(H,38,44)(H,41,42)(H3,33,34,36,37)/t17?,22-,24-,28-,31-,48?/m1/s1. The molecule has 0 aliphatic carbocycles. The average Bonchev–Trinajstić information content (AvgIpc) is 3.49. The smallest absolute Gasteiger partial charge is 0.459 e. The molecule has 1 saturated heterocycles. The van der Waals surface area contributed by atoms with Gasteiger partial charge in [-0.2, -0.15) is 15.1 Å². The number of nitrogens with zero attached hydrogens (tertiary/aromatic N) is 4. The summed E-state index contributed by atoms with van der Waals surface area (Å²) in [6.07, 6.45) is -4.06. The van der Waals surface area contributed by atoms with Crippen LogP contribution in [0.15, 0.2) is 72.8 Å². The molecule has 1 fully saturated rings. The van der Waals surface area contributed by atoms with E-state index in [1.165, 1.54) is 18.4 Å². The molecule has 0 radical (unpaired) electrons. The normalized spacial score (nSPS) is 22.8. The molecule has 2 unspecified atom stereocenters. The van der Waals surface area contributed by atoms with E-state index in [9.17, 15) is 24.7 Å². The number of halogens is 1. The number of carboxylic acid groups (broad SMARTS) is 1. The molecule has 252 valence electrons. The van der Waals surface area contributed by atoms with Gasteiger partial charge in [-0.3, -0.25) is 13.9 Å². The van der Waals surface area contributed by atoms with E-state index in [0.29, 0.717) is 27.1 Å². The molecular weight excluding hydrogens is 756 g/mol. The minimum Gasteiger partial charge on any atom is -0.480 e. The van der Waals surface area contributed by atoms with E-state index in [1.807, 2.05) is 71.1 Å². The third-order valence-corrected chi connectivity index (χ3v) is 10.3. The second-order valence-corrected chi connectivity index (χ2v) is 14.1. The van der Waals surface area contributed by atoms with Gasteiger partial charge in [-0.25, -0.2) is 9.55 Å². The summed E-state index contributed by atoms with van der Waals surface area (Å²) >= 11 is 1.96. The summed E-state index contributed by atoms with van der Waals surface area (Å²) in [4.78, 5) is 25.0. The first-order chi connectivity index (χ1) is 22.9. The van der Waals surface area contributed by atoms with Crippen molar-refractivity contribution in [3.63, 3.8) is 0 Å². The molecule has 7 N–H and O–H groups in total. The number of imidazole rings is 1. The molecule has 3 heterocycles. The molecule has 6 rings (SSSR count). The molecule has 15 nitrogen and oxygen atoms in total. The maximum absolute atomic E-state index is 14.1. The van der Waals surface area contributed by atoms with Crippen molar-refractivity contribution in [3.05, 3.63) is 82.2 Å². The second kappa shape index (κ2) is 13.5. The number of rotatable bonds is 12. The summed E-state index contributed by atoms with van der Waals surface area (Å²) in [6.45, 7) is 2.54. The van der Waals surface area contributed by atoms with E-state index < -0.39 is 50.4 Å². The molecule has 2 aromatic heterocycles. The lowest BCUT2D eigenvalue weighted by molar-refractivity contribution is -0.138. The van der Waals surface area contributed by atoms with E-state index in [0.717, 1.165) is 10.9 Å². The minimum absolute atomic E-state index is 0.0566. The summed E-state index contributed by atoms with van der Waals surface area (Å²) in [5.74, 6) is -0.798. The zero-order chi connectivity index (χ0) is 34.2. The van der Waals surface area contributed by atoms with Crippen molar-refractivity contribution in [2.75, 3.05) is 17.7 Å². The quantitative estimate of drug-likeness (QED) is 0.0598. The number of aliphatic hydroxyl groups excluding tert-OH is 1. The van der Waals surface area contributed by atoms with Crippen LogP contribution < -0.4 is 20.7 Å². The number of hydrogen-bond donors (Lipinski definition) is 6. The van der Waals surface area contributed by atoms with Crippen LogP contribution in [0, 0.1) is 3.83 Å². The molecule has 3 aromatic carbocycles. The van der Waals surface area contributed by atoms with Crippen LogP contribution in [0.3, 0.4) is 0 Å². The second-order valence-electron chi connectivity index (χ2n) is 11.4. The van der Waals surface area contributed by atoms with Gasteiger partial charge >= 0.3 is 13.7 Å². The van der Waals surface area contributed by atoms with Gasteiger partial charge in [0.1, 0.15) is 29.6 Å². The topological polar surface area (TPSA) is 216 Å². The van der Waals surface area contributed by atoms with Crippen molar-refractivity contribution in [2.24, 2.45) is 0 Å². The highest BCUT2D eigenvalue weighted by Gasteiger charge is 2.55. The zero-order valence-electron chi connectivity index (χ0n) is 25.7. The van der Waals surface area contributed by atoms with E-state index in [2.05, 4.69) is 25.4 Å². The van der Waals surface area contributed by atoms with Crippen LogP contribution in [0.2, 0.25) is 0 Å². The highest BCUT2D eigenvalue weighted by Crippen LogP contribution is 2.49. The van der Waals surface area contributed by atoms with Gasteiger partial charge in [-0.05, 0) is 30.9 Å². The molecule has 0 amide bonds. The van der Waals surface area contributed by atoms with Crippen molar-refractivity contribution >= 4 is 70.0 Å². The molecule has 0 bridgehead atoms. The van der Waals surface area contributed by atoms with Crippen LogP contribution in [0.5, 0.6) is 5.75 Å². The number of fused-ring (bicyclic) bond motifs is 2. The van der Waals surface area contributed by atoms with Crippen LogP contribution in [-0.4, -0.2) is 71.3 Å². The Morgan fingerprint density at radius 1 is 1.12 bits per heavy atom. The van der Waals surface area contributed by atoms with Gasteiger partial charge < -0.3 is 35.6 Å². The summed E-state index contributed by atoms with van der Waals surface area (Å²) in [6, 6.07) is 20.7. The van der Waals surface area contributed by atoms with Gasteiger partial charge in [-0.15, -0.1) is 0 Å². The molecular formula is C31H33IN7O8P. The molecule has 1 aliphatic heterocycles. The van der Waals surface area contributed by atoms with Gasteiger partial charge in [0.2, 0.25) is 5.95 Å². The molecule has 0 spiro atoms. The maximum Gasteiger partial charge on any atom is 0.459 e. The highest BCUT2D eigenvalue weighted by atomic mass is 127. The number of hydrogen-bond acceptors (Lipinski definition) is 12. The number of nitrogen functional groups attached to an aromatic ring is 1. The highest BCUT2D eigenvalue weighted by molar-refractivity contribution is 14.1. The Balaban J connectivity index is 1.27. The Hall–Kier alpha value is -3.90. The monoisotopic (exact) mass is 789 g/mol. The SMILES string of the molecule is CC(NP(=O)(OC[C@H]1O[C@@H](n2c(I)nc3c(NCc4ccccc4)nc(N)nc32)[C@](C)(O)[C@@H]1O)Oc1cccc2ccccc12)C(=O)O. The molecule has 48 heavy (non-hydrogen) atoms. The molecule has 5 aromatic rings. The van der Waals surface area contributed by atoms with Crippen molar-refractivity contribution in [2.45, 2.75) is 50.5 Å². The number of benzene rings is 3. The number of carbonyl (C=O) groups is 1. The lowest BCUT2D eigenvalue weighted by Crippen LogP contribution is -2.44. The number of nitrogens with two attached hydrogens (primary N) is 1. The third-order valence-electron chi connectivity index (χ3n) is 7.90. The summed E-state index contributed by atoms with van der Waals surface area (Å²) in [5, 5.41) is 39.4. The van der Waals surface area contributed by atoms with Crippen molar-refractivity contribution in [3.8, 4) is 5.75 Å². The first-order valence-electron chi connectivity index (χ1n) is 14.8. The summed E-state index contributed by atoms with van der Waals surface area (Å²) in [7, 11) is -4.42. The minimum atomic E-state index is -4.42. The van der Waals surface area contributed by atoms with Crippen LogP contribution in [0.4, 0.5) is 11.8 Å². The fourth-order valence-corrected chi connectivity index (χ4v) is 7.64. The maximum atomic E-state index is 14.1. The number of aliphatic hydroxyl groups is 2. The van der Waals surface area contributed by atoms with Crippen LogP contribution in [0.1, 0.15) is 25.6 Å². The van der Waals surface area contributed by atoms with Crippen LogP contribution in [0.25, 0.3) is 21.9 Å². The number of anilines is 2. The molecule has 6 atom stereocenters. The van der Waals surface area contributed by atoms with Crippen molar-refractivity contribution < 1.29 is 38.5 Å². The number of ether oxygens (including phenoxy) is 1. The first kappa shape index (κ1) is 34.0. The zero-order valence-corrected chi connectivity index (χ0v) is 28.8. The Bertz CT molecular complexity index is 2010. The average molecular weight is 790 g/mol. The van der Waals surface area contributed by atoms with Crippen LogP contribution >= 0.6 is 30.3 Å². The van der Waals surface area contributed by atoms with E-state index in [-0.39, 0.29) is 17.3 Å². The Kier molecular flexibility index (Phi) is 9.59. The van der Waals surface area contributed by atoms with Gasteiger partial charge in [0.05, 0.1) is 6.61 Å². The van der Waals surface area contributed by atoms with E-state index in [1.54, 1.807) is 24.3 Å². The summed E-state index contributed by atoms with van der Waals surface area (Å²) in [5.41, 5.74) is 5.74. The molecule has 1 aliphatic rings. The lowest BCUT2D eigenvalue weighted by Gasteiger charge is -2.28. The number of nitrogens with one attached hydrogen (secondary N) is 2. The van der Waals surface area contributed by atoms with Gasteiger partial charge in [-0.1, -0.05) is 66.7 Å². The van der Waals surface area contributed by atoms with Gasteiger partial charge in [0, 0.05) is 34.5 Å². The number of aliphatic carboxylic acids is 1. The number of carboxylic acids is 1. The number of aromatic nitrogens is 4. The predicted octanol–water partition coefficient (Wildman–Crippen LogP) is 4.05. The van der Waals surface area contributed by atoms with E-state index in [4.69, 9.17) is 19.5 Å². The van der Waals surface area contributed by atoms with Crippen molar-refractivity contribution in [1.29, 1.82) is 0 Å². The van der Waals surface area contributed by atoms with Crippen LogP contribution in [-0.2, 0) is 25.2 Å². The lowest BCUT2D eigenvalue weighted by atomic mass is 9.96. The summed E-state index contributed by atoms with van der Waals surface area (Å²) < 4.78 is 33.6. The fraction of sp³-hybridized carbons (Fsp3) is 0.290.